The molecule has 0 rings (SSSR count). The first-order valence-corrected chi connectivity index (χ1v) is 4.13. The highest BCUT2D eigenvalue weighted by atomic mass is 16.3. The first kappa shape index (κ1) is 10.6. The Labute approximate surface area is 68.6 Å². The minimum atomic E-state index is -0.581. The fourth-order valence-electron chi connectivity index (χ4n) is 0.925. The molecule has 0 fully saturated rings. The Kier molecular flexibility index (Phi) is 4.34. The highest BCUT2D eigenvalue weighted by Gasteiger charge is 2.12. The van der Waals surface area contributed by atoms with Crippen LogP contribution in [-0.2, 0) is 4.79 Å². The molecule has 0 aromatic rings. The van der Waals surface area contributed by atoms with E-state index >= 15 is 0 Å². The van der Waals surface area contributed by atoms with Crippen molar-refractivity contribution in [3.05, 3.63) is 0 Å². The molecule has 0 bridgehead atoms. The number of hydrogen-bond donors (Lipinski definition) is 1. The number of rotatable bonds is 5. The lowest BCUT2D eigenvalue weighted by Gasteiger charge is -2.16. The standard InChI is InChI=1S/C9H18O2/c1-8(7-10)5-4-6-9(2,3)11/h7-8,11H,4-6H2,1-3H3. The van der Waals surface area contributed by atoms with Crippen LogP contribution in [0.2, 0.25) is 0 Å². The second-order valence-corrected chi connectivity index (χ2v) is 3.82. The van der Waals surface area contributed by atoms with Gasteiger partial charge in [0.25, 0.3) is 0 Å². The molecule has 1 atom stereocenters. The topological polar surface area (TPSA) is 37.3 Å². The van der Waals surface area contributed by atoms with E-state index in [0.717, 1.165) is 25.5 Å². The SMILES string of the molecule is CC(C=O)CCCC(C)(C)O. The third-order valence-corrected chi connectivity index (χ3v) is 1.68. The van der Waals surface area contributed by atoms with Crippen LogP contribution < -0.4 is 0 Å². The van der Waals surface area contributed by atoms with Crippen LogP contribution in [0.3, 0.4) is 0 Å². The lowest BCUT2D eigenvalue weighted by molar-refractivity contribution is -0.110. The Morgan fingerprint density at radius 1 is 1.55 bits per heavy atom. The zero-order valence-corrected chi connectivity index (χ0v) is 7.63. The summed E-state index contributed by atoms with van der Waals surface area (Å²) in [6.07, 6.45) is 3.53. The minimum absolute atomic E-state index is 0.136. The molecule has 0 aromatic heterocycles. The van der Waals surface area contributed by atoms with Gasteiger partial charge < -0.3 is 9.90 Å². The van der Waals surface area contributed by atoms with E-state index in [4.69, 9.17) is 0 Å². The first-order valence-electron chi connectivity index (χ1n) is 4.13. The molecular weight excluding hydrogens is 140 g/mol. The van der Waals surface area contributed by atoms with E-state index in [1.54, 1.807) is 13.8 Å². The van der Waals surface area contributed by atoms with Gasteiger partial charge in [-0.05, 0) is 33.1 Å². The molecule has 1 N–H and O–H groups in total. The van der Waals surface area contributed by atoms with E-state index in [0.29, 0.717) is 0 Å². The van der Waals surface area contributed by atoms with E-state index in [1.165, 1.54) is 0 Å². The molecule has 0 aliphatic rings. The highest BCUT2D eigenvalue weighted by Crippen LogP contribution is 2.14. The number of aldehydes is 1. The van der Waals surface area contributed by atoms with Gasteiger partial charge in [-0.1, -0.05) is 6.92 Å². The smallest absolute Gasteiger partial charge is 0.122 e. The van der Waals surface area contributed by atoms with Crippen molar-refractivity contribution in [2.75, 3.05) is 0 Å². The monoisotopic (exact) mass is 158 g/mol. The van der Waals surface area contributed by atoms with Crippen LogP contribution in [0, 0.1) is 5.92 Å². The number of hydrogen-bond acceptors (Lipinski definition) is 2. The van der Waals surface area contributed by atoms with Crippen molar-refractivity contribution in [1.29, 1.82) is 0 Å². The molecule has 0 saturated carbocycles. The predicted molar refractivity (Wildman–Crippen MR) is 45.4 cm³/mol. The van der Waals surface area contributed by atoms with Crippen molar-refractivity contribution in [3.8, 4) is 0 Å². The van der Waals surface area contributed by atoms with Crippen LogP contribution in [0.1, 0.15) is 40.0 Å². The average molecular weight is 158 g/mol. The predicted octanol–water partition coefficient (Wildman–Crippen LogP) is 1.76. The maximum absolute atomic E-state index is 10.2. The summed E-state index contributed by atoms with van der Waals surface area (Å²) >= 11 is 0. The van der Waals surface area contributed by atoms with Gasteiger partial charge in [-0.15, -0.1) is 0 Å². The van der Waals surface area contributed by atoms with E-state index < -0.39 is 5.60 Å². The van der Waals surface area contributed by atoms with Crippen molar-refractivity contribution < 1.29 is 9.90 Å². The molecule has 1 unspecified atom stereocenters. The van der Waals surface area contributed by atoms with Crippen LogP contribution in [0.15, 0.2) is 0 Å². The van der Waals surface area contributed by atoms with Gasteiger partial charge in [0.2, 0.25) is 0 Å². The van der Waals surface area contributed by atoms with E-state index in [2.05, 4.69) is 0 Å². The van der Waals surface area contributed by atoms with Gasteiger partial charge >= 0.3 is 0 Å². The quantitative estimate of drug-likeness (QED) is 0.619. The van der Waals surface area contributed by atoms with Gasteiger partial charge in [-0.2, -0.15) is 0 Å². The lowest BCUT2D eigenvalue weighted by Crippen LogP contribution is -2.18. The molecule has 0 radical (unpaired) electrons. The van der Waals surface area contributed by atoms with E-state index in [1.807, 2.05) is 6.92 Å². The molecule has 0 aromatic carbocycles. The molecule has 2 nitrogen and oxygen atoms in total. The van der Waals surface area contributed by atoms with Gasteiger partial charge in [0.1, 0.15) is 6.29 Å². The maximum atomic E-state index is 10.2. The molecule has 0 aliphatic carbocycles. The van der Waals surface area contributed by atoms with Crippen molar-refractivity contribution in [3.63, 3.8) is 0 Å². The van der Waals surface area contributed by atoms with Crippen LogP contribution in [0.5, 0.6) is 0 Å². The molecule has 2 heteroatoms. The molecule has 66 valence electrons. The zero-order valence-electron chi connectivity index (χ0n) is 7.63. The Balaban J connectivity index is 3.35. The molecule has 11 heavy (non-hydrogen) atoms. The van der Waals surface area contributed by atoms with Gasteiger partial charge in [0, 0.05) is 5.92 Å². The molecule has 0 spiro atoms. The zero-order chi connectivity index (χ0) is 8.91. The van der Waals surface area contributed by atoms with Gasteiger partial charge in [0.05, 0.1) is 5.60 Å². The van der Waals surface area contributed by atoms with Gasteiger partial charge in [-0.25, -0.2) is 0 Å². The molecular formula is C9H18O2. The maximum Gasteiger partial charge on any atom is 0.122 e. The molecule has 0 amide bonds. The number of aliphatic hydroxyl groups is 1. The Morgan fingerprint density at radius 2 is 2.09 bits per heavy atom. The Bertz CT molecular complexity index is 113. The first-order chi connectivity index (χ1) is 4.95. The number of carbonyl (C=O) groups excluding carboxylic acids is 1. The third kappa shape index (κ3) is 7.53. The summed E-state index contributed by atoms with van der Waals surface area (Å²) in [5.74, 6) is 0.136. The fourth-order valence-corrected chi connectivity index (χ4v) is 0.925. The second kappa shape index (κ2) is 4.50. The molecule has 0 aliphatic heterocycles. The van der Waals surface area contributed by atoms with E-state index in [9.17, 15) is 9.90 Å². The third-order valence-electron chi connectivity index (χ3n) is 1.68. The van der Waals surface area contributed by atoms with Crippen LogP contribution in [-0.4, -0.2) is 17.0 Å². The minimum Gasteiger partial charge on any atom is -0.390 e. The Morgan fingerprint density at radius 3 is 2.45 bits per heavy atom. The summed E-state index contributed by atoms with van der Waals surface area (Å²) in [5.41, 5.74) is -0.581. The van der Waals surface area contributed by atoms with E-state index in [-0.39, 0.29) is 5.92 Å². The summed E-state index contributed by atoms with van der Waals surface area (Å²) in [5, 5.41) is 9.31. The summed E-state index contributed by atoms with van der Waals surface area (Å²) in [6, 6.07) is 0. The van der Waals surface area contributed by atoms with Crippen molar-refractivity contribution >= 4 is 6.29 Å². The molecule has 0 saturated heterocycles. The summed E-state index contributed by atoms with van der Waals surface area (Å²) in [7, 11) is 0. The van der Waals surface area contributed by atoms with Crippen LogP contribution in [0.25, 0.3) is 0 Å². The average Bonchev–Trinajstić information content (AvgIpc) is 1.85. The Hall–Kier alpha value is -0.370. The van der Waals surface area contributed by atoms with Gasteiger partial charge in [-0.3, -0.25) is 0 Å². The second-order valence-electron chi connectivity index (χ2n) is 3.82. The lowest BCUT2D eigenvalue weighted by atomic mass is 9.98. The normalized spacial score (nSPS) is 14.5. The highest BCUT2D eigenvalue weighted by molar-refractivity contribution is 5.52. The summed E-state index contributed by atoms with van der Waals surface area (Å²) in [4.78, 5) is 10.2. The van der Waals surface area contributed by atoms with Crippen molar-refractivity contribution in [2.24, 2.45) is 5.92 Å². The fraction of sp³-hybridized carbons (Fsp3) is 0.889. The number of carbonyl (C=O) groups is 1. The van der Waals surface area contributed by atoms with Gasteiger partial charge in [0.15, 0.2) is 0 Å². The van der Waals surface area contributed by atoms with Crippen molar-refractivity contribution in [1.82, 2.24) is 0 Å². The summed E-state index contributed by atoms with van der Waals surface area (Å²) in [6.45, 7) is 5.48. The van der Waals surface area contributed by atoms with Crippen molar-refractivity contribution in [2.45, 2.75) is 45.6 Å². The van der Waals surface area contributed by atoms with Crippen LogP contribution >= 0.6 is 0 Å². The largest absolute Gasteiger partial charge is 0.390 e. The summed E-state index contributed by atoms with van der Waals surface area (Å²) < 4.78 is 0. The van der Waals surface area contributed by atoms with Crippen LogP contribution in [0.4, 0.5) is 0 Å². The molecule has 0 heterocycles.